The van der Waals surface area contributed by atoms with Crippen LogP contribution in [0.4, 0.5) is 23.1 Å². The Hall–Kier alpha value is -4.93. The maximum atomic E-state index is 12.7. The molecule has 2 aliphatic rings. The molecular formula is C29H27N5O6. The highest BCUT2D eigenvalue weighted by Gasteiger charge is 2.34. The zero-order valence-electron chi connectivity index (χ0n) is 21.8. The smallest absolute Gasteiger partial charge is 0.308 e. The number of fused-ring (bicyclic) bond motifs is 3. The number of benzene rings is 3. The zero-order chi connectivity index (χ0) is 28.0. The number of nitrogens with zero attached hydrogens (tertiary/aromatic N) is 5. The van der Waals surface area contributed by atoms with Crippen LogP contribution in [0.1, 0.15) is 36.1 Å². The lowest BCUT2D eigenvalue weighted by Crippen LogP contribution is -2.38. The van der Waals surface area contributed by atoms with Gasteiger partial charge in [0.1, 0.15) is 5.82 Å². The molecule has 0 spiro atoms. The van der Waals surface area contributed by atoms with Crippen LogP contribution in [-0.4, -0.2) is 50.8 Å². The van der Waals surface area contributed by atoms with Crippen molar-refractivity contribution in [3.8, 4) is 11.5 Å². The molecule has 0 fully saturated rings. The Morgan fingerprint density at radius 3 is 2.62 bits per heavy atom. The van der Waals surface area contributed by atoms with Crippen molar-refractivity contribution in [1.82, 2.24) is 9.97 Å². The van der Waals surface area contributed by atoms with Crippen LogP contribution in [0.15, 0.2) is 54.6 Å². The predicted molar refractivity (Wildman–Crippen MR) is 148 cm³/mol. The minimum Gasteiger partial charge on any atom is -0.504 e. The number of rotatable bonds is 6. The van der Waals surface area contributed by atoms with Gasteiger partial charge in [-0.15, -0.1) is 0 Å². The van der Waals surface area contributed by atoms with Gasteiger partial charge in [0.25, 0.3) is 5.69 Å². The molecule has 1 atom stereocenters. The van der Waals surface area contributed by atoms with E-state index < -0.39 is 16.9 Å². The Kier molecular flexibility index (Phi) is 6.33. The highest BCUT2D eigenvalue weighted by Crippen LogP contribution is 2.43. The van der Waals surface area contributed by atoms with E-state index in [1.807, 2.05) is 29.2 Å². The predicted octanol–water partition coefficient (Wildman–Crippen LogP) is 4.70. The highest BCUT2D eigenvalue weighted by molar-refractivity contribution is 5.93. The number of para-hydroxylation sites is 1. The molecule has 4 aromatic rings. The topological polar surface area (TPSA) is 142 Å². The average molecular weight is 542 g/mol. The van der Waals surface area contributed by atoms with Crippen molar-refractivity contribution in [2.45, 2.75) is 32.2 Å². The van der Waals surface area contributed by atoms with Crippen LogP contribution >= 0.6 is 0 Å². The van der Waals surface area contributed by atoms with Crippen molar-refractivity contribution in [1.29, 1.82) is 0 Å². The molecular weight excluding hydrogens is 514 g/mol. The van der Waals surface area contributed by atoms with E-state index in [1.54, 1.807) is 19.1 Å². The number of nitro groups is 1. The number of aromatic hydroxyl groups is 2. The van der Waals surface area contributed by atoms with E-state index in [1.165, 1.54) is 18.2 Å². The second-order valence-electron chi connectivity index (χ2n) is 9.84. The lowest BCUT2D eigenvalue weighted by atomic mass is 9.90. The fraction of sp³-hybridized carbons (Fsp3) is 0.276. The first-order valence-electron chi connectivity index (χ1n) is 13.1. The maximum Gasteiger partial charge on any atom is 0.308 e. The molecule has 204 valence electrons. The van der Waals surface area contributed by atoms with Crippen molar-refractivity contribution in [2.75, 3.05) is 29.5 Å². The number of carbonyl (C=O) groups is 1. The Bertz CT molecular complexity index is 1660. The van der Waals surface area contributed by atoms with Crippen LogP contribution in [0.3, 0.4) is 0 Å². The second kappa shape index (κ2) is 9.99. The molecule has 2 aliphatic heterocycles. The summed E-state index contributed by atoms with van der Waals surface area (Å²) in [7, 11) is 0. The molecule has 0 saturated heterocycles. The molecule has 40 heavy (non-hydrogen) atoms. The van der Waals surface area contributed by atoms with Gasteiger partial charge in [-0.05, 0) is 66.8 Å². The Balaban J connectivity index is 1.47. The van der Waals surface area contributed by atoms with E-state index in [0.29, 0.717) is 48.8 Å². The van der Waals surface area contributed by atoms with Gasteiger partial charge in [-0.2, -0.15) is 4.98 Å². The summed E-state index contributed by atoms with van der Waals surface area (Å²) in [6, 6.07) is 15.0. The van der Waals surface area contributed by atoms with Gasteiger partial charge in [-0.3, -0.25) is 14.9 Å². The summed E-state index contributed by atoms with van der Waals surface area (Å²) in [6.07, 6.45) is 1.19. The Morgan fingerprint density at radius 2 is 1.82 bits per heavy atom. The van der Waals surface area contributed by atoms with E-state index in [9.17, 15) is 25.1 Å². The number of nitro benzene ring substituents is 1. The normalized spacial score (nSPS) is 16.1. The van der Waals surface area contributed by atoms with Crippen molar-refractivity contribution >= 4 is 40.0 Å². The number of hydrogen-bond donors (Lipinski definition) is 2. The van der Waals surface area contributed by atoms with Gasteiger partial charge in [0, 0.05) is 36.3 Å². The first kappa shape index (κ1) is 25.4. The Labute approximate surface area is 229 Å². The van der Waals surface area contributed by atoms with Crippen molar-refractivity contribution in [3.05, 3.63) is 81.4 Å². The van der Waals surface area contributed by atoms with Gasteiger partial charge in [-0.1, -0.05) is 12.1 Å². The van der Waals surface area contributed by atoms with Crippen molar-refractivity contribution in [2.24, 2.45) is 0 Å². The van der Waals surface area contributed by atoms with E-state index in [2.05, 4.69) is 4.90 Å². The zero-order valence-corrected chi connectivity index (χ0v) is 21.8. The molecule has 0 amide bonds. The minimum absolute atomic E-state index is 0.00674. The number of hydrogen-bond acceptors (Lipinski definition) is 10. The van der Waals surface area contributed by atoms with Crippen LogP contribution in [0, 0.1) is 10.1 Å². The van der Waals surface area contributed by atoms with E-state index in [-0.39, 0.29) is 30.2 Å². The van der Waals surface area contributed by atoms with Crippen molar-refractivity contribution in [3.63, 3.8) is 0 Å². The summed E-state index contributed by atoms with van der Waals surface area (Å²) in [5.41, 5.74) is 4.03. The molecule has 0 radical (unpaired) electrons. The van der Waals surface area contributed by atoms with Crippen LogP contribution in [0.5, 0.6) is 11.5 Å². The number of ether oxygens (including phenoxy) is 1. The first-order valence-corrected chi connectivity index (χ1v) is 13.1. The lowest BCUT2D eigenvalue weighted by molar-refractivity contribution is -0.384. The summed E-state index contributed by atoms with van der Waals surface area (Å²) >= 11 is 0. The minimum atomic E-state index is -0.531. The van der Waals surface area contributed by atoms with E-state index in [0.717, 1.165) is 22.2 Å². The molecule has 1 unspecified atom stereocenters. The molecule has 0 saturated carbocycles. The van der Waals surface area contributed by atoms with E-state index >= 15 is 0 Å². The number of carbonyl (C=O) groups excluding carboxylic acids is 1. The fourth-order valence-corrected chi connectivity index (χ4v) is 5.67. The van der Waals surface area contributed by atoms with E-state index in [4.69, 9.17) is 14.7 Å². The largest absolute Gasteiger partial charge is 0.504 e. The SMILES string of the molecule is CCOC(=O)CC1c2cc(O)c(O)cc2CCN1c1nc(N2CCc3cc([N+](=O)[O-])ccc32)c2ccccc2n1. The van der Waals surface area contributed by atoms with Gasteiger partial charge < -0.3 is 24.7 Å². The number of aromatic nitrogens is 2. The van der Waals surface area contributed by atoms with Crippen LogP contribution in [0.25, 0.3) is 10.9 Å². The summed E-state index contributed by atoms with van der Waals surface area (Å²) in [4.78, 5) is 37.5. The summed E-state index contributed by atoms with van der Waals surface area (Å²) in [5.74, 6) is 0.213. The molecule has 0 aliphatic carbocycles. The number of phenols is 2. The van der Waals surface area contributed by atoms with Crippen LogP contribution in [-0.2, 0) is 22.4 Å². The third-order valence-electron chi connectivity index (χ3n) is 7.51. The summed E-state index contributed by atoms with van der Waals surface area (Å²) in [6.45, 7) is 3.05. The number of anilines is 3. The lowest BCUT2D eigenvalue weighted by Gasteiger charge is -2.37. The quantitative estimate of drug-likeness (QED) is 0.153. The van der Waals surface area contributed by atoms with Crippen molar-refractivity contribution < 1.29 is 24.7 Å². The third kappa shape index (κ3) is 4.39. The number of esters is 1. The van der Waals surface area contributed by atoms with Crippen LogP contribution in [0.2, 0.25) is 0 Å². The molecule has 3 heterocycles. The van der Waals surface area contributed by atoms with Gasteiger partial charge in [0.05, 0.1) is 29.5 Å². The molecule has 6 rings (SSSR count). The molecule has 11 nitrogen and oxygen atoms in total. The van der Waals surface area contributed by atoms with Crippen LogP contribution < -0.4 is 9.80 Å². The first-order chi connectivity index (χ1) is 19.3. The monoisotopic (exact) mass is 541 g/mol. The standard InChI is InChI=1S/C29H27N5O6/c1-2-40-27(37)16-24-21-15-26(36)25(35)14-17(21)9-12-33(24)29-30-22-6-4-3-5-20(22)28(31-29)32-11-10-18-13-19(34(38)39)7-8-23(18)32/h3-8,13-15,24,35-36H,2,9-12,16H2,1H3. The molecule has 3 aromatic carbocycles. The molecule has 2 N–H and O–H groups in total. The fourth-order valence-electron chi connectivity index (χ4n) is 5.67. The Morgan fingerprint density at radius 1 is 1.05 bits per heavy atom. The molecule has 0 bridgehead atoms. The number of non-ortho nitro benzene ring substituents is 1. The molecule has 1 aromatic heterocycles. The second-order valence-corrected chi connectivity index (χ2v) is 9.84. The summed E-state index contributed by atoms with van der Waals surface area (Å²) in [5, 5.41) is 32.5. The number of phenolic OH excluding ortho intramolecular Hbond substituents is 2. The molecule has 11 heteroatoms. The average Bonchev–Trinajstić information content (AvgIpc) is 3.37. The summed E-state index contributed by atoms with van der Waals surface area (Å²) < 4.78 is 5.26. The van der Waals surface area contributed by atoms with Gasteiger partial charge in [0.2, 0.25) is 5.95 Å². The highest BCUT2D eigenvalue weighted by atomic mass is 16.6. The van der Waals surface area contributed by atoms with Gasteiger partial charge in [0.15, 0.2) is 11.5 Å². The van der Waals surface area contributed by atoms with Gasteiger partial charge >= 0.3 is 5.97 Å². The maximum absolute atomic E-state index is 12.7. The van der Waals surface area contributed by atoms with Gasteiger partial charge in [-0.25, -0.2) is 4.98 Å². The third-order valence-corrected chi connectivity index (χ3v) is 7.51.